The van der Waals surface area contributed by atoms with Gasteiger partial charge < -0.3 is 10.5 Å². The van der Waals surface area contributed by atoms with Gasteiger partial charge in [-0.05, 0) is 23.0 Å². The van der Waals surface area contributed by atoms with E-state index in [-0.39, 0.29) is 17.1 Å². The molecule has 0 spiro atoms. The van der Waals surface area contributed by atoms with Crippen molar-refractivity contribution in [1.82, 2.24) is 0 Å². The van der Waals surface area contributed by atoms with E-state index in [2.05, 4.69) is 13.0 Å². The lowest BCUT2D eigenvalue weighted by atomic mass is 9.70. The summed E-state index contributed by atoms with van der Waals surface area (Å²) in [6.45, 7) is 6.18. The Morgan fingerprint density at radius 2 is 1.96 bits per heavy atom. The van der Waals surface area contributed by atoms with Crippen molar-refractivity contribution in [2.24, 2.45) is 11.1 Å². The van der Waals surface area contributed by atoms with Gasteiger partial charge in [-0.1, -0.05) is 45.0 Å². The maximum Gasteiger partial charge on any atom is 0.205 e. The monoisotopic (exact) mass is 322 g/mol. The minimum Gasteiger partial charge on any atom is -0.444 e. The Morgan fingerprint density at radius 3 is 2.54 bits per heavy atom. The molecule has 1 aromatic rings. The van der Waals surface area contributed by atoms with Crippen LogP contribution >= 0.6 is 0 Å². The van der Waals surface area contributed by atoms with Gasteiger partial charge in [0, 0.05) is 18.4 Å². The number of nitrogens with two attached hydrogens (primary N) is 1. The Kier molecular flexibility index (Phi) is 3.96. The van der Waals surface area contributed by atoms with Crippen LogP contribution < -0.4 is 5.73 Å². The quantitative estimate of drug-likeness (QED) is 0.900. The molecular formula is C20H22N2O2. The average molecular weight is 322 g/mol. The standard InChI is InChI=1S/C20H22N2O2/c1-4-12-5-7-13(8-6-12)17-14(11-21)19(22)24-16-10-20(2,3)9-15(23)18(16)17/h5-8,17H,4,9-10,22H2,1-3H3/t17-/m1/s1. The fourth-order valence-electron chi connectivity index (χ4n) is 3.56. The highest BCUT2D eigenvalue weighted by Gasteiger charge is 2.42. The van der Waals surface area contributed by atoms with Gasteiger partial charge in [0.2, 0.25) is 5.88 Å². The third-order valence-electron chi connectivity index (χ3n) is 4.80. The molecule has 2 aliphatic rings. The van der Waals surface area contributed by atoms with Crippen LogP contribution in [0.2, 0.25) is 0 Å². The summed E-state index contributed by atoms with van der Waals surface area (Å²) in [7, 11) is 0. The molecule has 24 heavy (non-hydrogen) atoms. The van der Waals surface area contributed by atoms with E-state index >= 15 is 0 Å². The van der Waals surface area contributed by atoms with Gasteiger partial charge in [-0.2, -0.15) is 5.26 Å². The van der Waals surface area contributed by atoms with Crippen LogP contribution in [0.5, 0.6) is 0 Å². The van der Waals surface area contributed by atoms with Crippen LogP contribution in [0.3, 0.4) is 0 Å². The first-order chi connectivity index (χ1) is 11.4. The van der Waals surface area contributed by atoms with Crippen molar-refractivity contribution >= 4 is 5.78 Å². The number of hydrogen-bond donors (Lipinski definition) is 1. The Morgan fingerprint density at radius 1 is 1.29 bits per heavy atom. The lowest BCUT2D eigenvalue weighted by molar-refractivity contribution is -0.119. The van der Waals surface area contributed by atoms with Crippen molar-refractivity contribution in [3.8, 4) is 6.07 Å². The lowest BCUT2D eigenvalue weighted by Crippen LogP contribution is -2.33. The molecule has 1 aliphatic heterocycles. The van der Waals surface area contributed by atoms with E-state index < -0.39 is 5.92 Å². The maximum atomic E-state index is 12.8. The normalized spacial score (nSPS) is 22.8. The molecule has 1 heterocycles. The molecule has 0 bridgehead atoms. The number of nitriles is 1. The maximum absolute atomic E-state index is 12.8. The number of ether oxygens (including phenoxy) is 1. The number of rotatable bonds is 2. The van der Waals surface area contributed by atoms with Crippen LogP contribution in [0.15, 0.2) is 47.1 Å². The molecular weight excluding hydrogens is 300 g/mol. The van der Waals surface area contributed by atoms with E-state index in [0.717, 1.165) is 12.0 Å². The van der Waals surface area contributed by atoms with Gasteiger partial charge in [0.1, 0.15) is 17.4 Å². The minimum atomic E-state index is -0.423. The van der Waals surface area contributed by atoms with Crippen molar-refractivity contribution in [3.05, 3.63) is 58.2 Å². The summed E-state index contributed by atoms with van der Waals surface area (Å²) in [5.74, 6) is 0.364. The Balaban J connectivity index is 2.14. The van der Waals surface area contributed by atoms with E-state index in [4.69, 9.17) is 10.5 Å². The van der Waals surface area contributed by atoms with E-state index in [1.807, 2.05) is 38.1 Å². The highest BCUT2D eigenvalue weighted by molar-refractivity contribution is 6.00. The Hall–Kier alpha value is -2.54. The molecule has 1 aromatic carbocycles. The third kappa shape index (κ3) is 2.71. The van der Waals surface area contributed by atoms with E-state index in [1.165, 1.54) is 5.56 Å². The van der Waals surface area contributed by atoms with Gasteiger partial charge in [0.05, 0.1) is 5.92 Å². The number of aryl methyl sites for hydroxylation is 1. The van der Waals surface area contributed by atoms with Gasteiger partial charge in [-0.25, -0.2) is 0 Å². The number of allylic oxidation sites excluding steroid dienone is 3. The van der Waals surface area contributed by atoms with Crippen molar-refractivity contribution in [2.45, 2.75) is 46.0 Å². The highest BCUT2D eigenvalue weighted by Crippen LogP contribution is 2.47. The molecule has 0 fully saturated rings. The molecule has 1 atom stereocenters. The second kappa shape index (κ2) is 5.83. The minimum absolute atomic E-state index is 0.0473. The van der Waals surface area contributed by atoms with Gasteiger partial charge in [0.25, 0.3) is 0 Å². The van der Waals surface area contributed by atoms with E-state index in [9.17, 15) is 10.1 Å². The molecule has 1 aliphatic carbocycles. The van der Waals surface area contributed by atoms with Crippen molar-refractivity contribution < 1.29 is 9.53 Å². The topological polar surface area (TPSA) is 76.1 Å². The van der Waals surface area contributed by atoms with Gasteiger partial charge in [0.15, 0.2) is 5.78 Å². The number of ketones is 1. The number of Topliss-reactive ketones (excluding diaryl/α,β-unsaturated/α-hetero) is 1. The first kappa shape index (κ1) is 16.3. The number of nitrogens with zero attached hydrogens (tertiary/aromatic N) is 1. The zero-order valence-corrected chi connectivity index (χ0v) is 14.3. The van der Waals surface area contributed by atoms with Crippen LogP contribution in [0.4, 0.5) is 0 Å². The fraction of sp³-hybridized carbons (Fsp3) is 0.400. The molecule has 2 N–H and O–H groups in total. The lowest BCUT2D eigenvalue weighted by Gasteiger charge is -2.37. The second-order valence-electron chi connectivity index (χ2n) is 7.30. The summed E-state index contributed by atoms with van der Waals surface area (Å²) in [4.78, 5) is 12.8. The molecule has 3 rings (SSSR count). The van der Waals surface area contributed by atoms with Crippen LogP contribution in [0.25, 0.3) is 0 Å². The summed E-state index contributed by atoms with van der Waals surface area (Å²) in [5.41, 5.74) is 8.90. The smallest absolute Gasteiger partial charge is 0.205 e. The second-order valence-corrected chi connectivity index (χ2v) is 7.30. The third-order valence-corrected chi connectivity index (χ3v) is 4.80. The predicted octanol–water partition coefficient (Wildman–Crippen LogP) is 3.70. The molecule has 0 saturated heterocycles. The summed E-state index contributed by atoms with van der Waals surface area (Å²) >= 11 is 0. The van der Waals surface area contributed by atoms with Crippen molar-refractivity contribution in [3.63, 3.8) is 0 Å². The summed E-state index contributed by atoms with van der Waals surface area (Å²) in [6.07, 6.45) is 2.05. The largest absolute Gasteiger partial charge is 0.444 e. The van der Waals surface area contributed by atoms with Gasteiger partial charge in [-0.3, -0.25) is 4.79 Å². The van der Waals surface area contributed by atoms with Crippen LogP contribution in [-0.4, -0.2) is 5.78 Å². The van der Waals surface area contributed by atoms with Crippen molar-refractivity contribution in [1.29, 1.82) is 5.26 Å². The first-order valence-electron chi connectivity index (χ1n) is 8.29. The van der Waals surface area contributed by atoms with E-state index in [0.29, 0.717) is 29.7 Å². The summed E-state index contributed by atoms with van der Waals surface area (Å²) in [6, 6.07) is 10.2. The Labute approximate surface area is 142 Å². The zero-order chi connectivity index (χ0) is 17.5. The fourth-order valence-corrected chi connectivity index (χ4v) is 3.56. The van der Waals surface area contributed by atoms with Crippen molar-refractivity contribution in [2.75, 3.05) is 0 Å². The number of hydrogen-bond acceptors (Lipinski definition) is 4. The molecule has 4 heteroatoms. The molecule has 0 saturated carbocycles. The first-order valence-corrected chi connectivity index (χ1v) is 8.29. The molecule has 124 valence electrons. The van der Waals surface area contributed by atoms with Crippen LogP contribution in [0.1, 0.15) is 50.7 Å². The molecule has 4 nitrogen and oxygen atoms in total. The van der Waals surface area contributed by atoms with Gasteiger partial charge in [-0.15, -0.1) is 0 Å². The molecule has 0 unspecified atom stereocenters. The SMILES string of the molecule is CCc1ccc([C@@H]2C(C#N)=C(N)OC3=C2C(=O)CC(C)(C)C3)cc1. The average Bonchev–Trinajstić information content (AvgIpc) is 2.52. The Bertz CT molecular complexity index is 792. The number of benzene rings is 1. The van der Waals surface area contributed by atoms with Gasteiger partial charge >= 0.3 is 0 Å². The zero-order valence-electron chi connectivity index (χ0n) is 14.3. The summed E-state index contributed by atoms with van der Waals surface area (Å²) < 4.78 is 5.69. The number of carbonyl (C=O) groups is 1. The molecule has 0 aromatic heterocycles. The summed E-state index contributed by atoms with van der Waals surface area (Å²) in [5, 5.41) is 9.57. The molecule has 0 amide bonds. The van der Waals surface area contributed by atoms with Crippen LogP contribution in [-0.2, 0) is 16.0 Å². The number of carbonyl (C=O) groups excluding carboxylic acids is 1. The van der Waals surface area contributed by atoms with E-state index in [1.54, 1.807) is 0 Å². The predicted molar refractivity (Wildman–Crippen MR) is 91.5 cm³/mol. The molecule has 0 radical (unpaired) electrons. The van der Waals surface area contributed by atoms with Crippen LogP contribution in [0, 0.1) is 16.7 Å². The highest BCUT2D eigenvalue weighted by atomic mass is 16.5.